The summed E-state index contributed by atoms with van der Waals surface area (Å²) >= 11 is 0. The van der Waals surface area contributed by atoms with Crippen molar-refractivity contribution in [1.29, 1.82) is 5.26 Å². The number of hydrogen-bond donors (Lipinski definition) is 1. The van der Waals surface area contributed by atoms with Crippen LogP contribution in [0.3, 0.4) is 0 Å². The van der Waals surface area contributed by atoms with E-state index in [9.17, 15) is 5.26 Å². The smallest absolute Gasteiger partial charge is 0.166 e. The first-order valence-corrected chi connectivity index (χ1v) is 8.44. The van der Waals surface area contributed by atoms with Gasteiger partial charge in [0, 0.05) is 19.6 Å². The number of nitrogens with one attached hydrogen (secondary N) is 1. The Morgan fingerprint density at radius 1 is 1.32 bits per heavy atom. The number of aryl methyl sites for hydroxylation is 1. The molecule has 2 rings (SSSR count). The van der Waals surface area contributed by atoms with Crippen LogP contribution < -0.4 is 5.32 Å². The van der Waals surface area contributed by atoms with Gasteiger partial charge in [0.15, 0.2) is 5.82 Å². The van der Waals surface area contributed by atoms with Gasteiger partial charge < -0.3 is 10.2 Å². The maximum absolute atomic E-state index is 9.46. The molecule has 1 atom stereocenters. The second-order valence-corrected chi connectivity index (χ2v) is 6.14. The predicted molar refractivity (Wildman–Crippen MR) is 88.8 cm³/mol. The summed E-state index contributed by atoms with van der Waals surface area (Å²) in [6, 6.07) is 2.31. The van der Waals surface area contributed by atoms with E-state index in [0.717, 1.165) is 43.1 Å². The van der Waals surface area contributed by atoms with Crippen molar-refractivity contribution < 1.29 is 0 Å². The van der Waals surface area contributed by atoms with Crippen molar-refractivity contribution in [1.82, 2.24) is 15.1 Å². The predicted octanol–water partition coefficient (Wildman–Crippen LogP) is 2.62. The monoisotopic (exact) mass is 301 g/mol. The quantitative estimate of drug-likeness (QED) is 0.875. The summed E-state index contributed by atoms with van der Waals surface area (Å²) in [6.45, 7) is 10.6. The minimum Gasteiger partial charge on any atom is -0.366 e. The number of aromatic nitrogens is 2. The third-order valence-corrected chi connectivity index (χ3v) is 4.42. The van der Waals surface area contributed by atoms with Crippen LogP contribution >= 0.6 is 0 Å². The highest BCUT2D eigenvalue weighted by molar-refractivity contribution is 5.56. The third kappa shape index (κ3) is 3.95. The number of rotatable bonds is 6. The Morgan fingerprint density at radius 2 is 2.14 bits per heavy atom. The van der Waals surface area contributed by atoms with E-state index in [1.165, 1.54) is 25.9 Å². The summed E-state index contributed by atoms with van der Waals surface area (Å²) in [5.74, 6) is 1.43. The maximum Gasteiger partial charge on any atom is 0.166 e. The van der Waals surface area contributed by atoms with E-state index >= 15 is 0 Å². The van der Waals surface area contributed by atoms with E-state index in [-0.39, 0.29) is 0 Å². The lowest BCUT2D eigenvalue weighted by Crippen LogP contribution is -2.37. The highest BCUT2D eigenvalue weighted by Gasteiger charge is 2.17. The Labute approximate surface area is 133 Å². The fourth-order valence-electron chi connectivity index (χ4n) is 3.24. The number of anilines is 1. The highest BCUT2D eigenvalue weighted by atomic mass is 15.2. The van der Waals surface area contributed by atoms with Crippen molar-refractivity contribution in [3.63, 3.8) is 0 Å². The average Bonchev–Trinajstić information content (AvgIpc) is 2.54. The molecule has 1 aliphatic rings. The molecule has 0 spiro atoms. The van der Waals surface area contributed by atoms with E-state index < -0.39 is 0 Å². The van der Waals surface area contributed by atoms with Gasteiger partial charge in [-0.2, -0.15) is 10.4 Å². The van der Waals surface area contributed by atoms with Gasteiger partial charge in [0.2, 0.25) is 0 Å². The molecule has 1 unspecified atom stereocenters. The van der Waals surface area contributed by atoms with Crippen molar-refractivity contribution in [2.75, 3.05) is 31.5 Å². The fourth-order valence-corrected chi connectivity index (χ4v) is 3.24. The zero-order valence-corrected chi connectivity index (χ0v) is 14.0. The molecule has 5 nitrogen and oxygen atoms in total. The molecule has 120 valence electrons. The van der Waals surface area contributed by atoms with Crippen LogP contribution in [-0.4, -0.2) is 41.3 Å². The van der Waals surface area contributed by atoms with Gasteiger partial charge in [-0.3, -0.25) is 0 Å². The minimum absolute atomic E-state index is 0.640. The first-order valence-electron chi connectivity index (χ1n) is 8.44. The summed E-state index contributed by atoms with van der Waals surface area (Å²) < 4.78 is 0. The molecular weight excluding hydrogens is 274 g/mol. The van der Waals surface area contributed by atoms with E-state index in [2.05, 4.69) is 47.3 Å². The Balaban J connectivity index is 1.99. The van der Waals surface area contributed by atoms with Crippen LogP contribution in [0.5, 0.6) is 0 Å². The molecule has 0 aromatic carbocycles. The van der Waals surface area contributed by atoms with Crippen LogP contribution in [0.15, 0.2) is 0 Å². The van der Waals surface area contributed by atoms with Crippen molar-refractivity contribution in [2.45, 2.75) is 46.5 Å². The number of likely N-dealkylation sites (tertiary alicyclic amines) is 1. The van der Waals surface area contributed by atoms with Crippen LogP contribution in [0.25, 0.3) is 0 Å². The van der Waals surface area contributed by atoms with Crippen LogP contribution in [0, 0.1) is 17.2 Å². The first-order chi connectivity index (χ1) is 10.7. The molecule has 0 bridgehead atoms. The van der Waals surface area contributed by atoms with Gasteiger partial charge in [-0.1, -0.05) is 20.8 Å². The minimum atomic E-state index is 0.640. The van der Waals surface area contributed by atoms with Gasteiger partial charge in [0.25, 0.3) is 0 Å². The third-order valence-electron chi connectivity index (χ3n) is 4.42. The van der Waals surface area contributed by atoms with Crippen molar-refractivity contribution in [3.8, 4) is 6.07 Å². The Hall–Kier alpha value is -1.67. The Bertz CT molecular complexity index is 535. The molecule has 0 amide bonds. The number of nitrogens with zero attached hydrogens (tertiary/aromatic N) is 4. The zero-order valence-electron chi connectivity index (χ0n) is 14.0. The first kappa shape index (κ1) is 16.7. The van der Waals surface area contributed by atoms with Crippen LogP contribution in [0.2, 0.25) is 0 Å². The van der Waals surface area contributed by atoms with Gasteiger partial charge >= 0.3 is 0 Å². The van der Waals surface area contributed by atoms with E-state index in [0.29, 0.717) is 11.4 Å². The molecule has 1 aliphatic heterocycles. The molecule has 2 heterocycles. The van der Waals surface area contributed by atoms with Crippen LogP contribution in [-0.2, 0) is 12.8 Å². The molecule has 1 N–H and O–H groups in total. The highest BCUT2D eigenvalue weighted by Crippen LogP contribution is 2.20. The van der Waals surface area contributed by atoms with Gasteiger partial charge in [-0.25, -0.2) is 0 Å². The van der Waals surface area contributed by atoms with Crippen molar-refractivity contribution in [2.24, 2.45) is 5.92 Å². The standard InChI is InChI=1S/C17H27N5/c1-4-14-15(11-18)17(21-20-16(14)5-2)19-8-10-22-9-6-7-13(3)12-22/h13H,4-10,12H2,1-3H3,(H,19,21). The second-order valence-electron chi connectivity index (χ2n) is 6.14. The lowest BCUT2D eigenvalue weighted by molar-refractivity contribution is 0.190. The molecule has 1 fully saturated rings. The molecule has 1 aromatic heterocycles. The summed E-state index contributed by atoms with van der Waals surface area (Å²) in [4.78, 5) is 2.49. The number of nitriles is 1. The fraction of sp³-hybridized carbons (Fsp3) is 0.706. The molecule has 1 aromatic rings. The molecular formula is C17H27N5. The summed E-state index contributed by atoms with van der Waals surface area (Å²) in [5.41, 5.74) is 2.64. The lowest BCUT2D eigenvalue weighted by atomic mass is 10.0. The number of hydrogen-bond acceptors (Lipinski definition) is 5. The summed E-state index contributed by atoms with van der Waals surface area (Å²) in [6.07, 6.45) is 4.26. The van der Waals surface area contributed by atoms with Crippen LogP contribution in [0.1, 0.15) is 50.4 Å². The molecule has 22 heavy (non-hydrogen) atoms. The molecule has 0 saturated carbocycles. The van der Waals surface area contributed by atoms with Crippen LogP contribution in [0.4, 0.5) is 5.82 Å². The van der Waals surface area contributed by atoms with Crippen molar-refractivity contribution in [3.05, 3.63) is 16.8 Å². The second kappa shape index (κ2) is 8.09. The van der Waals surface area contributed by atoms with Crippen molar-refractivity contribution >= 4 is 5.82 Å². The van der Waals surface area contributed by atoms with Gasteiger partial charge in [-0.05, 0) is 43.7 Å². The Morgan fingerprint density at radius 3 is 2.77 bits per heavy atom. The molecule has 0 aliphatic carbocycles. The number of piperidine rings is 1. The molecule has 5 heteroatoms. The van der Waals surface area contributed by atoms with Gasteiger partial charge in [0.1, 0.15) is 11.6 Å². The largest absolute Gasteiger partial charge is 0.366 e. The maximum atomic E-state index is 9.46. The van der Waals surface area contributed by atoms with E-state index in [4.69, 9.17) is 0 Å². The van der Waals surface area contributed by atoms with E-state index in [1.807, 2.05) is 0 Å². The lowest BCUT2D eigenvalue weighted by Gasteiger charge is -2.30. The topological polar surface area (TPSA) is 64.8 Å². The SMILES string of the molecule is CCc1nnc(NCCN2CCCC(C)C2)c(C#N)c1CC. The summed E-state index contributed by atoms with van der Waals surface area (Å²) in [5, 5.41) is 21.3. The van der Waals surface area contributed by atoms with E-state index in [1.54, 1.807) is 0 Å². The normalized spacial score (nSPS) is 18.9. The van der Waals surface area contributed by atoms with Gasteiger partial charge in [-0.15, -0.1) is 5.10 Å². The average molecular weight is 301 g/mol. The zero-order chi connectivity index (χ0) is 15.9. The summed E-state index contributed by atoms with van der Waals surface area (Å²) in [7, 11) is 0. The van der Waals surface area contributed by atoms with Gasteiger partial charge in [0.05, 0.1) is 5.69 Å². The Kier molecular flexibility index (Phi) is 6.14. The molecule has 1 saturated heterocycles. The molecule has 0 radical (unpaired) electrons.